The Bertz CT molecular complexity index is 5110. The quantitative estimate of drug-likeness (QED) is 0.0564. The fraction of sp³-hybridized carbons (Fsp3) is 0.329. The van der Waals surface area contributed by atoms with Crippen molar-refractivity contribution >= 4 is 158 Å². The van der Waals surface area contributed by atoms with Crippen LogP contribution in [-0.4, -0.2) is 124 Å². The Kier molecular flexibility index (Phi) is 25.8. The molecule has 16 rings (SSSR count). The van der Waals surface area contributed by atoms with Crippen LogP contribution in [0.1, 0.15) is 92.0 Å². The molecule has 5 aromatic carbocycles. The molecule has 105 heavy (non-hydrogen) atoms. The topological polar surface area (TPSA) is 249 Å². The Balaban J connectivity index is 0.000000134. The molecule has 0 atom stereocenters. The van der Waals surface area contributed by atoms with Gasteiger partial charge in [-0.1, -0.05) is 96.1 Å². The zero-order valence-electron chi connectivity index (χ0n) is 59.1. The van der Waals surface area contributed by atoms with Gasteiger partial charge in [-0.05, 0) is 204 Å². The Hall–Kier alpha value is -7.45. The highest BCUT2D eigenvalue weighted by Crippen LogP contribution is 2.41. The second-order valence-corrected chi connectivity index (χ2v) is 31.9. The van der Waals surface area contributed by atoms with Crippen molar-refractivity contribution in [2.45, 2.75) is 101 Å². The highest BCUT2D eigenvalue weighted by Gasteiger charge is 2.32. The third-order valence-electron chi connectivity index (χ3n) is 17.2. The lowest BCUT2D eigenvalue weighted by molar-refractivity contribution is 0.269. The number of nitrogens with one attached hydrogen (secondary N) is 3. The number of H-pyrrole nitrogens is 2. The molecule has 3 aliphatic rings. The fourth-order valence-electron chi connectivity index (χ4n) is 12.2. The summed E-state index contributed by atoms with van der Waals surface area (Å²) in [6.45, 7) is 26.2. The normalized spacial score (nSPS) is 13.1. The van der Waals surface area contributed by atoms with E-state index in [-0.39, 0.29) is 5.28 Å². The van der Waals surface area contributed by atoms with Crippen LogP contribution in [0.4, 0.5) is 10.3 Å². The van der Waals surface area contributed by atoms with Crippen molar-refractivity contribution < 1.29 is 24.3 Å². The predicted molar refractivity (Wildman–Crippen MR) is 431 cm³/mol. The van der Waals surface area contributed by atoms with E-state index in [0.717, 1.165) is 179 Å². The van der Waals surface area contributed by atoms with Crippen molar-refractivity contribution in [1.29, 1.82) is 0 Å². The average molecular weight is 1680 g/mol. The van der Waals surface area contributed by atoms with Gasteiger partial charge in [-0.3, -0.25) is 0 Å². The lowest BCUT2D eigenvalue weighted by atomic mass is 9.80. The molecular formula is C73H78BBr2Cl4N17O5S3. The van der Waals surface area contributed by atoms with Gasteiger partial charge in [-0.25, -0.2) is 14.0 Å². The smallest absolute Gasteiger partial charge is 0.488 e. The first kappa shape index (κ1) is 77.2. The van der Waals surface area contributed by atoms with E-state index in [1.165, 1.54) is 45.3 Å². The summed E-state index contributed by atoms with van der Waals surface area (Å²) in [5.74, 6) is 3.96. The first-order valence-electron chi connectivity index (χ1n) is 34.2. The van der Waals surface area contributed by atoms with Gasteiger partial charge >= 0.3 is 7.12 Å². The molecule has 22 nitrogen and oxygen atoms in total. The van der Waals surface area contributed by atoms with Crippen molar-refractivity contribution in [2.75, 3.05) is 49.3 Å². The van der Waals surface area contributed by atoms with Crippen LogP contribution in [0.25, 0.3) is 50.1 Å². The van der Waals surface area contributed by atoms with E-state index in [9.17, 15) is 0 Å². The van der Waals surface area contributed by atoms with Gasteiger partial charge in [0, 0.05) is 133 Å². The molecule has 0 spiro atoms. The predicted octanol–water partition coefficient (Wildman–Crippen LogP) is 16.8. The Morgan fingerprint density at radius 2 is 0.971 bits per heavy atom. The number of aryl methyl sites for hydroxylation is 3. The second-order valence-electron chi connectivity index (χ2n) is 26.6. The minimum atomic E-state index is -1.38. The molecule has 3 aliphatic heterocycles. The van der Waals surface area contributed by atoms with E-state index in [1.807, 2.05) is 70.3 Å². The molecule has 13 aromatic rings. The van der Waals surface area contributed by atoms with Gasteiger partial charge in [-0.2, -0.15) is 43.4 Å². The molecule has 0 fully saturated rings. The molecule has 8 aromatic heterocycles. The highest BCUT2D eigenvalue weighted by atomic mass is 79.9. The van der Waals surface area contributed by atoms with Crippen LogP contribution in [0.5, 0.6) is 17.2 Å². The van der Waals surface area contributed by atoms with Crippen LogP contribution in [0.3, 0.4) is 0 Å². The van der Waals surface area contributed by atoms with Crippen LogP contribution in [0.2, 0.25) is 20.3 Å². The second kappa shape index (κ2) is 35.1. The summed E-state index contributed by atoms with van der Waals surface area (Å²) in [5, 5.41) is 40.7. The summed E-state index contributed by atoms with van der Waals surface area (Å²) < 4.78 is 38.7. The number of rotatable bonds is 16. The lowest BCUT2D eigenvalue weighted by Gasteiger charge is -2.26. The molecule has 0 radical (unpaired) electrons. The van der Waals surface area contributed by atoms with E-state index in [2.05, 4.69) is 194 Å². The number of fused-ring (bicyclic) bond motifs is 5. The number of ether oxygens (including phenoxy) is 3. The van der Waals surface area contributed by atoms with Gasteiger partial charge in [0.05, 0.1) is 42.6 Å². The van der Waals surface area contributed by atoms with E-state index in [0.29, 0.717) is 64.6 Å². The minimum absolute atomic E-state index is 0.218. The number of benzene rings is 5. The maximum absolute atomic E-state index is 8.87. The zero-order valence-corrected chi connectivity index (χ0v) is 67.8. The molecule has 11 heterocycles. The van der Waals surface area contributed by atoms with E-state index in [4.69, 9.17) is 86.0 Å². The number of para-hydroxylation sites is 3. The highest BCUT2D eigenvalue weighted by molar-refractivity contribution is 9.10. The monoisotopic (exact) mass is 1680 g/mol. The maximum Gasteiger partial charge on any atom is 0.488 e. The van der Waals surface area contributed by atoms with Crippen LogP contribution in [-0.2, 0) is 38.9 Å². The number of hydrogen-bond acceptors (Lipinski definition) is 20. The average Bonchev–Trinajstić information content (AvgIpc) is 1.62. The van der Waals surface area contributed by atoms with Gasteiger partial charge in [0.15, 0.2) is 0 Å². The van der Waals surface area contributed by atoms with Gasteiger partial charge in [-0.15, -0.1) is 0 Å². The van der Waals surface area contributed by atoms with Crippen molar-refractivity contribution in [3.05, 3.63) is 196 Å². The molecule has 0 bridgehead atoms. The maximum atomic E-state index is 8.87. The number of anilines is 2. The Morgan fingerprint density at radius 3 is 1.43 bits per heavy atom. The summed E-state index contributed by atoms with van der Waals surface area (Å²) in [6.07, 6.45) is 6.41. The number of aromatic amines is 2. The van der Waals surface area contributed by atoms with Gasteiger partial charge in [0.1, 0.15) is 43.5 Å². The first-order valence-corrected chi connectivity index (χ1v) is 39.6. The summed E-state index contributed by atoms with van der Waals surface area (Å²) in [4.78, 5) is 23.0. The molecule has 0 saturated carbocycles. The third-order valence-corrected chi connectivity index (χ3v) is 22.0. The van der Waals surface area contributed by atoms with Crippen LogP contribution >= 0.6 is 113 Å². The van der Waals surface area contributed by atoms with E-state index >= 15 is 0 Å². The van der Waals surface area contributed by atoms with Crippen LogP contribution < -0.4 is 34.8 Å². The van der Waals surface area contributed by atoms with Crippen LogP contribution in [0, 0.1) is 38.5 Å². The zero-order chi connectivity index (χ0) is 74.2. The van der Waals surface area contributed by atoms with Crippen molar-refractivity contribution in [3.63, 3.8) is 0 Å². The largest absolute Gasteiger partial charge is 0.491 e. The third kappa shape index (κ3) is 18.6. The van der Waals surface area contributed by atoms with E-state index < -0.39 is 7.12 Å². The van der Waals surface area contributed by atoms with Crippen molar-refractivity contribution in [3.8, 4) is 45.6 Å². The van der Waals surface area contributed by atoms with Crippen molar-refractivity contribution in [1.82, 2.24) is 72.7 Å². The Morgan fingerprint density at radius 1 is 0.524 bits per heavy atom. The summed E-state index contributed by atoms with van der Waals surface area (Å²) in [6, 6.07) is 34.3. The van der Waals surface area contributed by atoms with Gasteiger partial charge in [0.2, 0.25) is 30.6 Å². The SMILES string of the molecule is Cc1cccc(OCC(C)C)c1-n1nc2c(c1-c1ccc3[nH]ccc3c1)CN(c1nc(Cl)ns1)CC2.Cc1cccc(OCC(C)C)c1-n1nc2c(c1Br)CN(c1nc(Cl)ns1)CC2.Cc1cccc(OCC(C)C)c1-n1nc2c(c1Br)CNCC2.Clc1nsc(Cl)n1.OB(O)c1ccc2[nH]ccc2c1. The molecule has 0 saturated heterocycles. The van der Waals surface area contributed by atoms with Gasteiger partial charge in [0.25, 0.3) is 0 Å². The summed E-state index contributed by atoms with van der Waals surface area (Å²) in [5.41, 5.74) is 18.2. The lowest BCUT2D eigenvalue weighted by Crippen LogP contribution is -2.30. The number of hydrogen-bond donors (Lipinski definition) is 5. The summed E-state index contributed by atoms with van der Waals surface area (Å²) >= 11 is 33.8. The Labute approximate surface area is 658 Å². The molecule has 0 unspecified atom stereocenters. The molecule has 0 aliphatic carbocycles. The summed E-state index contributed by atoms with van der Waals surface area (Å²) in [7, 11) is -1.38. The van der Waals surface area contributed by atoms with Crippen molar-refractivity contribution in [2.24, 2.45) is 17.8 Å². The molecule has 548 valence electrons. The molecule has 32 heteroatoms. The molecule has 5 N–H and O–H groups in total. The molecular weight excluding hydrogens is 1600 g/mol. The van der Waals surface area contributed by atoms with Crippen LogP contribution in [0.15, 0.2) is 125 Å². The minimum Gasteiger partial charge on any atom is -0.491 e. The first-order chi connectivity index (χ1) is 50.5. The number of halogens is 6. The number of aromatic nitrogens is 14. The van der Waals surface area contributed by atoms with E-state index in [1.54, 1.807) is 12.1 Å². The molecule has 0 amide bonds. The standard InChI is InChI=1S/C27H27ClN6OS.C19H21BrClN5OS.C17H22BrN3O.C8H8BNO2.C2Cl2N2S/c1-16(2)15-35-23-6-4-5-17(3)24(23)34-25(19-7-8-21-18(13-19)9-11-29-21)20-14-33(12-10-22(20)31-34)27-30-26(28)32-36-27;1-11(2)10-27-15-6-4-5-12(3)16(15)26-17(20)13-9-25(8-7-14(13)23-26)19-22-18(21)24-28-19;1-11(2)10-22-15-6-4-5-12(3)16(15)21-17(18)13-9-19-8-7-14(13)20-21;11-9(12)7-1-2-8-6(5-7)3-4-10-8;3-1-5-2(4)7-6-1/h4-9,11,13,16,29H,10,12,14-15H2,1-3H3;4-6,11H,7-10H2,1-3H3;4-6,11,19H,7-10H2,1-3H3;1-5,10-12H;. The fourth-order valence-corrected chi connectivity index (χ4v) is 15.8. The van der Waals surface area contributed by atoms with Gasteiger partial charge < -0.3 is 49.3 Å². The number of nitrogens with zero attached hydrogens (tertiary/aromatic N) is 14.